The molecule has 0 spiro atoms. The number of nitro groups is 1. The number of benzene rings is 3. The predicted octanol–water partition coefficient (Wildman–Crippen LogP) is 5.63. The topological polar surface area (TPSA) is 83.2 Å². The molecule has 0 radical (unpaired) electrons. The fraction of sp³-hybridized carbons (Fsp3) is 0.136. The zero-order chi connectivity index (χ0) is 22.2. The number of oxime groups is 1. The van der Waals surface area contributed by atoms with Gasteiger partial charge in [0.2, 0.25) is 0 Å². The van der Waals surface area contributed by atoms with Gasteiger partial charge < -0.3 is 14.3 Å². The minimum absolute atomic E-state index is 0.00575. The standard InChI is InChI=1S/C22H18BrFN2O5/c1-29-21-10-17(12-25-31-14-16-3-2-4-19(9-16)26(27)28)20(23)11-22(21)30-13-15-5-7-18(24)8-6-15/h2-12H,13-14H2,1H3/b25-12-. The van der Waals surface area contributed by atoms with Gasteiger partial charge in [0, 0.05) is 22.2 Å². The van der Waals surface area contributed by atoms with Crippen LogP contribution in [-0.2, 0) is 18.1 Å². The Morgan fingerprint density at radius 2 is 1.84 bits per heavy atom. The summed E-state index contributed by atoms with van der Waals surface area (Å²) < 4.78 is 24.9. The molecular weight excluding hydrogens is 471 g/mol. The normalized spacial score (nSPS) is 10.8. The Morgan fingerprint density at radius 3 is 2.55 bits per heavy atom. The van der Waals surface area contributed by atoms with Crippen molar-refractivity contribution in [2.75, 3.05) is 7.11 Å². The number of hydrogen-bond donors (Lipinski definition) is 0. The number of halogens is 2. The number of hydrogen-bond acceptors (Lipinski definition) is 6. The fourth-order valence-electron chi connectivity index (χ4n) is 2.63. The van der Waals surface area contributed by atoms with Gasteiger partial charge in [0.1, 0.15) is 19.0 Å². The van der Waals surface area contributed by atoms with Gasteiger partial charge in [0.15, 0.2) is 11.5 Å². The molecule has 9 heteroatoms. The maximum atomic E-state index is 13.0. The van der Waals surface area contributed by atoms with Crippen LogP contribution in [0.1, 0.15) is 16.7 Å². The van der Waals surface area contributed by atoms with Gasteiger partial charge in [-0.05, 0) is 51.3 Å². The van der Waals surface area contributed by atoms with Gasteiger partial charge in [0.25, 0.3) is 5.69 Å². The second kappa shape index (κ2) is 10.5. The maximum Gasteiger partial charge on any atom is 0.269 e. The number of nitrogens with zero attached hydrogens (tertiary/aromatic N) is 2. The van der Waals surface area contributed by atoms with Crippen molar-refractivity contribution >= 4 is 27.8 Å². The molecule has 0 aliphatic heterocycles. The van der Waals surface area contributed by atoms with Crippen molar-refractivity contribution in [2.45, 2.75) is 13.2 Å². The summed E-state index contributed by atoms with van der Waals surface area (Å²) in [6.45, 7) is 0.342. The first-order valence-corrected chi connectivity index (χ1v) is 9.89. The largest absolute Gasteiger partial charge is 0.493 e. The molecule has 0 amide bonds. The number of nitro benzene ring substituents is 1. The lowest BCUT2D eigenvalue weighted by Gasteiger charge is -2.12. The van der Waals surface area contributed by atoms with Gasteiger partial charge >= 0.3 is 0 Å². The Balaban J connectivity index is 1.64. The van der Waals surface area contributed by atoms with Crippen molar-refractivity contribution < 1.29 is 23.6 Å². The third kappa shape index (κ3) is 6.26. The van der Waals surface area contributed by atoms with Crippen molar-refractivity contribution in [3.8, 4) is 11.5 Å². The Hall–Kier alpha value is -3.46. The lowest BCUT2D eigenvalue weighted by atomic mass is 10.2. The van der Waals surface area contributed by atoms with E-state index in [0.29, 0.717) is 27.1 Å². The van der Waals surface area contributed by atoms with E-state index in [0.717, 1.165) is 5.56 Å². The smallest absolute Gasteiger partial charge is 0.269 e. The highest BCUT2D eigenvalue weighted by molar-refractivity contribution is 9.10. The Labute approximate surface area is 186 Å². The maximum absolute atomic E-state index is 13.0. The van der Waals surface area contributed by atoms with Crippen LogP contribution < -0.4 is 9.47 Å². The molecule has 0 bridgehead atoms. The first-order chi connectivity index (χ1) is 15.0. The Morgan fingerprint density at radius 1 is 1.06 bits per heavy atom. The zero-order valence-corrected chi connectivity index (χ0v) is 18.0. The summed E-state index contributed by atoms with van der Waals surface area (Å²) in [7, 11) is 1.52. The molecule has 0 aliphatic rings. The van der Waals surface area contributed by atoms with Crippen molar-refractivity contribution in [1.82, 2.24) is 0 Å². The van der Waals surface area contributed by atoms with Crippen LogP contribution in [-0.4, -0.2) is 18.2 Å². The average Bonchev–Trinajstić information content (AvgIpc) is 2.77. The molecule has 31 heavy (non-hydrogen) atoms. The minimum Gasteiger partial charge on any atom is -0.493 e. The molecule has 0 N–H and O–H groups in total. The molecule has 0 heterocycles. The van der Waals surface area contributed by atoms with Crippen LogP contribution in [0.25, 0.3) is 0 Å². The number of ether oxygens (including phenoxy) is 2. The van der Waals surface area contributed by atoms with E-state index in [4.69, 9.17) is 14.3 Å². The molecule has 0 saturated carbocycles. The number of methoxy groups -OCH3 is 1. The average molecular weight is 489 g/mol. The Kier molecular flexibility index (Phi) is 7.55. The quantitative estimate of drug-likeness (QED) is 0.221. The van der Waals surface area contributed by atoms with Gasteiger partial charge in [-0.25, -0.2) is 4.39 Å². The molecule has 3 aromatic carbocycles. The van der Waals surface area contributed by atoms with Crippen LogP contribution >= 0.6 is 15.9 Å². The highest BCUT2D eigenvalue weighted by Crippen LogP contribution is 2.33. The predicted molar refractivity (Wildman–Crippen MR) is 117 cm³/mol. The van der Waals surface area contributed by atoms with E-state index in [9.17, 15) is 14.5 Å². The summed E-state index contributed by atoms with van der Waals surface area (Å²) in [6, 6.07) is 15.7. The highest BCUT2D eigenvalue weighted by Gasteiger charge is 2.10. The van der Waals surface area contributed by atoms with E-state index in [1.807, 2.05) is 0 Å². The lowest BCUT2D eigenvalue weighted by Crippen LogP contribution is -1.99. The van der Waals surface area contributed by atoms with Crippen LogP contribution in [0.4, 0.5) is 10.1 Å². The summed E-state index contributed by atoms with van der Waals surface area (Å²) in [6.07, 6.45) is 1.49. The second-order valence-electron chi connectivity index (χ2n) is 6.37. The van der Waals surface area contributed by atoms with Crippen LogP contribution in [0.15, 0.2) is 70.3 Å². The number of rotatable bonds is 9. The summed E-state index contributed by atoms with van der Waals surface area (Å²) in [4.78, 5) is 15.6. The summed E-state index contributed by atoms with van der Waals surface area (Å²) in [5, 5.41) is 14.7. The number of non-ortho nitro benzene ring substituents is 1. The SMILES string of the molecule is COc1cc(/C=N\OCc2cccc([N+](=O)[O-])c2)c(Br)cc1OCc1ccc(F)cc1. The minimum atomic E-state index is -0.462. The van der Waals surface area contributed by atoms with Gasteiger partial charge in [0.05, 0.1) is 18.2 Å². The van der Waals surface area contributed by atoms with Crippen molar-refractivity contribution in [3.63, 3.8) is 0 Å². The van der Waals surface area contributed by atoms with E-state index >= 15 is 0 Å². The van der Waals surface area contributed by atoms with E-state index in [1.54, 1.807) is 36.4 Å². The molecule has 0 aromatic heterocycles. The van der Waals surface area contributed by atoms with Crippen molar-refractivity contribution in [1.29, 1.82) is 0 Å². The van der Waals surface area contributed by atoms with Crippen LogP contribution in [0.2, 0.25) is 0 Å². The monoisotopic (exact) mass is 488 g/mol. The molecule has 160 valence electrons. The van der Waals surface area contributed by atoms with Crippen LogP contribution in [0, 0.1) is 15.9 Å². The zero-order valence-electron chi connectivity index (χ0n) is 16.5. The molecule has 3 rings (SSSR count). The molecule has 0 aliphatic carbocycles. The summed E-state index contributed by atoms with van der Waals surface area (Å²) in [5.74, 6) is 0.694. The molecular formula is C22H18BrFN2O5. The molecule has 0 fully saturated rings. The third-order valence-electron chi connectivity index (χ3n) is 4.21. The van der Waals surface area contributed by atoms with Gasteiger partial charge in [-0.2, -0.15) is 0 Å². The van der Waals surface area contributed by atoms with Crippen molar-refractivity contribution in [2.24, 2.45) is 5.16 Å². The summed E-state index contributed by atoms with van der Waals surface area (Å²) >= 11 is 3.46. The fourth-order valence-corrected chi connectivity index (χ4v) is 3.05. The van der Waals surface area contributed by atoms with Crippen molar-refractivity contribution in [3.05, 3.63) is 97.8 Å². The van der Waals surface area contributed by atoms with Gasteiger partial charge in [-0.1, -0.05) is 29.4 Å². The van der Waals surface area contributed by atoms with Crippen LogP contribution in [0.3, 0.4) is 0 Å². The molecule has 0 atom stereocenters. The van der Waals surface area contributed by atoms with Gasteiger partial charge in [-0.3, -0.25) is 10.1 Å². The van der Waals surface area contributed by atoms with Gasteiger partial charge in [-0.15, -0.1) is 0 Å². The highest BCUT2D eigenvalue weighted by atomic mass is 79.9. The molecule has 3 aromatic rings. The lowest BCUT2D eigenvalue weighted by molar-refractivity contribution is -0.384. The second-order valence-corrected chi connectivity index (χ2v) is 7.23. The molecule has 0 saturated heterocycles. The van der Waals surface area contributed by atoms with E-state index in [2.05, 4.69) is 21.1 Å². The summed E-state index contributed by atoms with van der Waals surface area (Å²) in [5.41, 5.74) is 2.13. The van der Waals surface area contributed by atoms with E-state index in [1.165, 1.54) is 37.6 Å². The Bertz CT molecular complexity index is 1090. The first kappa shape index (κ1) is 22.2. The third-order valence-corrected chi connectivity index (χ3v) is 4.90. The van der Waals surface area contributed by atoms with E-state index < -0.39 is 4.92 Å². The van der Waals surface area contributed by atoms with E-state index in [-0.39, 0.29) is 24.7 Å². The van der Waals surface area contributed by atoms with Crippen LogP contribution in [0.5, 0.6) is 11.5 Å². The molecule has 0 unspecified atom stereocenters. The molecule has 7 nitrogen and oxygen atoms in total. The first-order valence-electron chi connectivity index (χ1n) is 9.09.